The molecule has 3 aromatic rings. The number of hydrogen-bond donors (Lipinski definition) is 2. The summed E-state index contributed by atoms with van der Waals surface area (Å²) in [7, 11) is 0. The third kappa shape index (κ3) is 2.00. The fraction of sp³-hybridized carbons (Fsp3) is 0.368. The number of nitrogens with one attached hydrogen (secondary N) is 1. The highest BCUT2D eigenvalue weighted by molar-refractivity contribution is 6.08. The van der Waals surface area contributed by atoms with Gasteiger partial charge in [0.15, 0.2) is 0 Å². The molecule has 2 aliphatic carbocycles. The maximum atomic E-state index is 13.1. The highest BCUT2D eigenvalue weighted by Gasteiger charge is 2.27. The Morgan fingerprint density at radius 3 is 2.88 bits per heavy atom. The van der Waals surface area contributed by atoms with Crippen molar-refractivity contribution in [2.75, 3.05) is 5.73 Å². The van der Waals surface area contributed by atoms with E-state index in [-0.39, 0.29) is 5.91 Å². The second kappa shape index (κ2) is 4.97. The monoisotopic (exact) mass is 320 g/mol. The number of carbonyl (C=O) groups is 1. The molecule has 5 rings (SSSR count). The molecule has 0 atom stereocenters. The summed E-state index contributed by atoms with van der Waals surface area (Å²) < 4.78 is 1.41. The second-order valence-corrected chi connectivity index (χ2v) is 7.00. The smallest absolute Gasteiger partial charge is 0.280 e. The highest BCUT2D eigenvalue weighted by atomic mass is 16.2. The molecule has 0 spiro atoms. The van der Waals surface area contributed by atoms with Crippen molar-refractivity contribution in [3.63, 3.8) is 0 Å². The second-order valence-electron chi connectivity index (χ2n) is 7.00. The van der Waals surface area contributed by atoms with Gasteiger partial charge in [-0.2, -0.15) is 9.78 Å². The van der Waals surface area contributed by atoms with Gasteiger partial charge < -0.3 is 10.7 Å². The zero-order valence-corrected chi connectivity index (χ0v) is 13.5. The summed E-state index contributed by atoms with van der Waals surface area (Å²) in [6, 6.07) is 7.94. The molecule has 2 heterocycles. The third-order valence-electron chi connectivity index (χ3n) is 5.32. The van der Waals surface area contributed by atoms with Crippen LogP contribution < -0.4 is 5.73 Å². The van der Waals surface area contributed by atoms with Crippen molar-refractivity contribution < 1.29 is 4.79 Å². The van der Waals surface area contributed by atoms with Crippen LogP contribution in [0.5, 0.6) is 0 Å². The van der Waals surface area contributed by atoms with Gasteiger partial charge in [0.2, 0.25) is 0 Å². The number of benzene rings is 1. The van der Waals surface area contributed by atoms with E-state index in [2.05, 4.69) is 16.1 Å². The van der Waals surface area contributed by atoms with Crippen LogP contribution in [-0.2, 0) is 12.8 Å². The molecule has 0 saturated heterocycles. The number of aromatic amines is 1. The van der Waals surface area contributed by atoms with Gasteiger partial charge in [-0.1, -0.05) is 6.07 Å². The standard InChI is InChI=1S/C19H20N4O/c20-18-13-4-1-2-6-16(13)22-23(18)19(24)12-5-3-7-15-14(12)10-17(21-15)11-8-9-11/h3,5,7,10-11,21H,1-2,4,6,8-9,20H2. The van der Waals surface area contributed by atoms with Crippen LogP contribution in [0.15, 0.2) is 24.3 Å². The molecule has 1 saturated carbocycles. The van der Waals surface area contributed by atoms with Gasteiger partial charge in [-0.15, -0.1) is 0 Å². The molecule has 1 fully saturated rings. The first-order chi connectivity index (χ1) is 11.7. The first-order valence-corrected chi connectivity index (χ1v) is 8.75. The molecule has 0 bridgehead atoms. The minimum Gasteiger partial charge on any atom is -0.383 e. The van der Waals surface area contributed by atoms with Crippen molar-refractivity contribution in [3.8, 4) is 0 Å². The van der Waals surface area contributed by atoms with Gasteiger partial charge >= 0.3 is 0 Å². The lowest BCUT2D eigenvalue weighted by Crippen LogP contribution is -2.16. The Morgan fingerprint density at radius 2 is 2.08 bits per heavy atom. The van der Waals surface area contributed by atoms with E-state index < -0.39 is 0 Å². The Balaban J connectivity index is 1.62. The van der Waals surface area contributed by atoms with Gasteiger partial charge in [-0.25, -0.2) is 0 Å². The van der Waals surface area contributed by atoms with E-state index >= 15 is 0 Å². The molecule has 2 aliphatic rings. The van der Waals surface area contributed by atoms with Crippen LogP contribution in [0, 0.1) is 0 Å². The number of hydrogen-bond acceptors (Lipinski definition) is 3. The lowest BCUT2D eigenvalue weighted by atomic mass is 9.98. The summed E-state index contributed by atoms with van der Waals surface area (Å²) in [5.74, 6) is 1.01. The number of anilines is 1. The lowest BCUT2D eigenvalue weighted by molar-refractivity contribution is 0.0949. The predicted octanol–water partition coefficient (Wildman–Crippen LogP) is 3.39. The summed E-state index contributed by atoms with van der Waals surface area (Å²) in [4.78, 5) is 16.6. The van der Waals surface area contributed by atoms with Crippen LogP contribution in [0.1, 0.15) is 58.9 Å². The molecule has 1 aromatic carbocycles. The minimum atomic E-state index is -0.131. The zero-order valence-electron chi connectivity index (χ0n) is 13.5. The average molecular weight is 320 g/mol. The average Bonchev–Trinajstić information content (AvgIpc) is 3.28. The maximum absolute atomic E-state index is 13.1. The number of aromatic nitrogens is 3. The van der Waals surface area contributed by atoms with Gasteiger partial charge in [-0.3, -0.25) is 4.79 Å². The Labute approximate surface area is 139 Å². The molecule has 122 valence electrons. The topological polar surface area (TPSA) is 76.7 Å². The number of H-pyrrole nitrogens is 1. The van der Waals surface area contributed by atoms with Crippen molar-refractivity contribution in [1.29, 1.82) is 0 Å². The van der Waals surface area contributed by atoms with Gasteiger partial charge in [0.05, 0.1) is 11.3 Å². The number of nitrogen functional groups attached to an aromatic ring is 1. The van der Waals surface area contributed by atoms with Crippen LogP contribution in [0.25, 0.3) is 10.9 Å². The summed E-state index contributed by atoms with van der Waals surface area (Å²) in [5, 5.41) is 5.49. The van der Waals surface area contributed by atoms with Crippen molar-refractivity contribution >= 4 is 22.6 Å². The zero-order chi connectivity index (χ0) is 16.3. The predicted molar refractivity (Wildman–Crippen MR) is 93.3 cm³/mol. The Bertz CT molecular complexity index is 961. The van der Waals surface area contributed by atoms with Crippen molar-refractivity contribution in [2.24, 2.45) is 0 Å². The Hall–Kier alpha value is -2.56. The maximum Gasteiger partial charge on any atom is 0.280 e. The van der Waals surface area contributed by atoms with Crippen LogP contribution in [0.3, 0.4) is 0 Å². The van der Waals surface area contributed by atoms with Crippen LogP contribution in [0.2, 0.25) is 0 Å². The largest absolute Gasteiger partial charge is 0.383 e. The number of fused-ring (bicyclic) bond motifs is 2. The van der Waals surface area contributed by atoms with E-state index in [0.717, 1.165) is 47.8 Å². The van der Waals surface area contributed by atoms with Gasteiger partial charge in [-0.05, 0) is 62.6 Å². The van der Waals surface area contributed by atoms with E-state index in [0.29, 0.717) is 17.3 Å². The van der Waals surface area contributed by atoms with Crippen molar-refractivity contribution in [1.82, 2.24) is 14.8 Å². The number of nitrogens with zero attached hydrogens (tertiary/aromatic N) is 2. The van der Waals surface area contributed by atoms with Crippen LogP contribution >= 0.6 is 0 Å². The summed E-state index contributed by atoms with van der Waals surface area (Å²) in [5.41, 5.74) is 11.2. The Morgan fingerprint density at radius 1 is 1.25 bits per heavy atom. The molecule has 2 aromatic heterocycles. The number of rotatable bonds is 2. The first-order valence-electron chi connectivity index (χ1n) is 8.75. The normalized spacial score (nSPS) is 17.2. The molecular weight excluding hydrogens is 300 g/mol. The number of nitrogens with two attached hydrogens (primary N) is 1. The molecule has 0 amide bonds. The van der Waals surface area contributed by atoms with Crippen molar-refractivity contribution in [3.05, 3.63) is 46.8 Å². The van der Waals surface area contributed by atoms with E-state index in [9.17, 15) is 4.79 Å². The molecule has 5 heteroatoms. The summed E-state index contributed by atoms with van der Waals surface area (Å²) in [6.45, 7) is 0. The summed E-state index contributed by atoms with van der Waals surface area (Å²) in [6.07, 6.45) is 6.55. The molecule has 3 N–H and O–H groups in total. The quantitative estimate of drug-likeness (QED) is 0.760. The lowest BCUT2D eigenvalue weighted by Gasteiger charge is -2.08. The molecule has 5 nitrogen and oxygen atoms in total. The molecular formula is C19H20N4O. The first kappa shape index (κ1) is 13.8. The van der Waals surface area contributed by atoms with Crippen LogP contribution in [-0.4, -0.2) is 20.7 Å². The highest BCUT2D eigenvalue weighted by Crippen LogP contribution is 2.41. The fourth-order valence-corrected chi connectivity index (χ4v) is 3.82. The van der Waals surface area contributed by atoms with E-state index in [1.54, 1.807) is 0 Å². The van der Waals surface area contributed by atoms with Crippen LogP contribution in [0.4, 0.5) is 5.82 Å². The SMILES string of the molecule is Nc1c2c(nn1C(=O)c1cccc3[nH]c(C4CC4)cc13)CCCC2. The Kier molecular flexibility index (Phi) is 2.86. The molecule has 24 heavy (non-hydrogen) atoms. The van der Waals surface area contributed by atoms with E-state index in [4.69, 9.17) is 5.73 Å². The number of aryl methyl sites for hydroxylation is 1. The van der Waals surface area contributed by atoms with E-state index in [1.807, 2.05) is 18.2 Å². The molecule has 0 aliphatic heterocycles. The molecule has 0 unspecified atom stereocenters. The fourth-order valence-electron chi connectivity index (χ4n) is 3.82. The van der Waals surface area contributed by atoms with Gasteiger partial charge in [0.1, 0.15) is 5.82 Å². The number of carbonyl (C=O) groups excluding carboxylic acids is 1. The molecule has 0 radical (unpaired) electrons. The van der Waals surface area contributed by atoms with Crippen molar-refractivity contribution in [2.45, 2.75) is 44.4 Å². The summed E-state index contributed by atoms with van der Waals surface area (Å²) >= 11 is 0. The van der Waals surface area contributed by atoms with E-state index in [1.165, 1.54) is 23.2 Å². The van der Waals surface area contributed by atoms with Gasteiger partial charge in [0.25, 0.3) is 5.91 Å². The van der Waals surface area contributed by atoms with Gasteiger partial charge in [0, 0.05) is 22.2 Å². The minimum absolute atomic E-state index is 0.131. The third-order valence-corrected chi connectivity index (χ3v) is 5.32.